The molecule has 114 valence electrons. The van der Waals surface area contributed by atoms with Crippen molar-refractivity contribution in [2.75, 3.05) is 13.7 Å². The molecule has 0 aliphatic carbocycles. The molecule has 0 saturated heterocycles. The van der Waals surface area contributed by atoms with Crippen LogP contribution in [0.25, 0.3) is 0 Å². The van der Waals surface area contributed by atoms with Crippen molar-refractivity contribution in [2.24, 2.45) is 7.05 Å². The van der Waals surface area contributed by atoms with Crippen LogP contribution in [0.15, 0.2) is 30.6 Å². The van der Waals surface area contributed by atoms with Crippen LogP contribution in [-0.2, 0) is 13.5 Å². The van der Waals surface area contributed by atoms with Gasteiger partial charge in [0.2, 0.25) is 0 Å². The molecule has 2 rings (SSSR count). The molecule has 1 heterocycles. The summed E-state index contributed by atoms with van der Waals surface area (Å²) in [4.78, 5) is 0. The number of methoxy groups -OCH3 is 1. The summed E-state index contributed by atoms with van der Waals surface area (Å²) in [5.74, 6) is 0.951. The summed E-state index contributed by atoms with van der Waals surface area (Å²) in [5, 5.41) is 7.88. The number of aryl methyl sites for hydroxylation is 2. The van der Waals surface area contributed by atoms with Gasteiger partial charge in [0.1, 0.15) is 5.75 Å². The highest BCUT2D eigenvalue weighted by molar-refractivity contribution is 5.40. The van der Waals surface area contributed by atoms with Crippen molar-refractivity contribution < 1.29 is 4.74 Å². The summed E-state index contributed by atoms with van der Waals surface area (Å²) in [6.45, 7) is 5.25. The SMILES string of the molecule is CCCNC(Cc1cnn(C)c1)c1ccc(C)cc1OC. The van der Waals surface area contributed by atoms with E-state index in [9.17, 15) is 0 Å². The zero-order valence-corrected chi connectivity index (χ0v) is 13.4. The predicted octanol–water partition coefficient (Wildman–Crippen LogP) is 3.02. The van der Waals surface area contributed by atoms with Gasteiger partial charge in [0.05, 0.1) is 13.3 Å². The minimum absolute atomic E-state index is 0.240. The summed E-state index contributed by atoms with van der Waals surface area (Å²) in [6, 6.07) is 6.64. The summed E-state index contributed by atoms with van der Waals surface area (Å²) >= 11 is 0. The maximum absolute atomic E-state index is 5.57. The zero-order chi connectivity index (χ0) is 15.2. The Morgan fingerprint density at radius 3 is 2.81 bits per heavy atom. The van der Waals surface area contributed by atoms with Gasteiger partial charge in [0, 0.05) is 24.8 Å². The van der Waals surface area contributed by atoms with E-state index in [1.165, 1.54) is 16.7 Å². The number of nitrogens with one attached hydrogen (secondary N) is 1. The van der Waals surface area contributed by atoms with Crippen LogP contribution in [0, 0.1) is 6.92 Å². The Bertz CT molecular complexity index is 577. The second kappa shape index (κ2) is 7.27. The second-order valence-electron chi connectivity index (χ2n) is 5.48. The fraction of sp³-hybridized carbons (Fsp3) is 0.471. The fourth-order valence-corrected chi connectivity index (χ4v) is 2.53. The van der Waals surface area contributed by atoms with Crippen LogP contribution in [-0.4, -0.2) is 23.4 Å². The molecule has 1 aromatic carbocycles. The van der Waals surface area contributed by atoms with E-state index in [0.29, 0.717) is 0 Å². The highest BCUT2D eigenvalue weighted by Crippen LogP contribution is 2.28. The van der Waals surface area contributed by atoms with Crippen LogP contribution in [0.1, 0.15) is 36.1 Å². The standard InChI is InChI=1S/C17H25N3O/c1-5-8-18-16(10-14-11-19-20(3)12-14)15-7-6-13(2)9-17(15)21-4/h6-7,9,11-12,16,18H,5,8,10H2,1-4H3. The Morgan fingerprint density at radius 1 is 1.38 bits per heavy atom. The van der Waals surface area contributed by atoms with Crippen molar-refractivity contribution >= 4 is 0 Å². The molecule has 2 aromatic rings. The van der Waals surface area contributed by atoms with Gasteiger partial charge in [0.15, 0.2) is 0 Å². The molecule has 1 unspecified atom stereocenters. The number of nitrogens with zero attached hydrogens (tertiary/aromatic N) is 2. The fourth-order valence-electron chi connectivity index (χ4n) is 2.53. The van der Waals surface area contributed by atoms with Gasteiger partial charge < -0.3 is 10.1 Å². The normalized spacial score (nSPS) is 12.4. The average Bonchev–Trinajstić information content (AvgIpc) is 2.88. The monoisotopic (exact) mass is 287 g/mol. The van der Waals surface area contributed by atoms with Crippen molar-refractivity contribution in [1.82, 2.24) is 15.1 Å². The highest BCUT2D eigenvalue weighted by atomic mass is 16.5. The molecule has 0 bridgehead atoms. The molecule has 0 saturated carbocycles. The molecule has 4 heteroatoms. The molecule has 0 aliphatic heterocycles. The first kappa shape index (κ1) is 15.6. The molecule has 21 heavy (non-hydrogen) atoms. The lowest BCUT2D eigenvalue weighted by atomic mass is 9.98. The lowest BCUT2D eigenvalue weighted by Gasteiger charge is -2.21. The van der Waals surface area contributed by atoms with Crippen molar-refractivity contribution in [3.05, 3.63) is 47.3 Å². The van der Waals surface area contributed by atoms with E-state index in [-0.39, 0.29) is 6.04 Å². The first-order valence-corrected chi connectivity index (χ1v) is 7.49. The van der Waals surface area contributed by atoms with Gasteiger partial charge >= 0.3 is 0 Å². The van der Waals surface area contributed by atoms with Crippen LogP contribution in [0.2, 0.25) is 0 Å². The van der Waals surface area contributed by atoms with E-state index in [4.69, 9.17) is 4.74 Å². The minimum Gasteiger partial charge on any atom is -0.496 e. The topological polar surface area (TPSA) is 39.1 Å². The molecule has 1 atom stereocenters. The van der Waals surface area contributed by atoms with Gasteiger partial charge in [-0.05, 0) is 43.5 Å². The van der Waals surface area contributed by atoms with Gasteiger partial charge in [-0.1, -0.05) is 19.1 Å². The van der Waals surface area contributed by atoms with Crippen LogP contribution in [0.4, 0.5) is 0 Å². The largest absolute Gasteiger partial charge is 0.496 e. The Labute approximate surface area is 127 Å². The first-order valence-electron chi connectivity index (χ1n) is 7.49. The maximum atomic E-state index is 5.57. The quantitative estimate of drug-likeness (QED) is 0.851. The van der Waals surface area contributed by atoms with E-state index >= 15 is 0 Å². The molecule has 4 nitrogen and oxygen atoms in total. The average molecular weight is 287 g/mol. The molecule has 0 aliphatic rings. The summed E-state index contributed by atoms with van der Waals surface area (Å²) in [6.07, 6.45) is 6.02. The molecule has 1 N–H and O–H groups in total. The third-order valence-electron chi connectivity index (χ3n) is 3.60. The van der Waals surface area contributed by atoms with Crippen LogP contribution in [0.3, 0.4) is 0 Å². The zero-order valence-electron chi connectivity index (χ0n) is 13.4. The highest BCUT2D eigenvalue weighted by Gasteiger charge is 2.17. The second-order valence-corrected chi connectivity index (χ2v) is 5.48. The third-order valence-corrected chi connectivity index (χ3v) is 3.60. The lowest BCUT2D eigenvalue weighted by Crippen LogP contribution is -2.24. The number of hydrogen-bond donors (Lipinski definition) is 1. The van der Waals surface area contributed by atoms with Gasteiger partial charge in [-0.3, -0.25) is 4.68 Å². The molecular weight excluding hydrogens is 262 g/mol. The minimum atomic E-state index is 0.240. The Morgan fingerprint density at radius 2 is 2.19 bits per heavy atom. The van der Waals surface area contributed by atoms with Crippen LogP contribution < -0.4 is 10.1 Å². The number of aromatic nitrogens is 2. The predicted molar refractivity (Wildman–Crippen MR) is 85.7 cm³/mol. The molecule has 1 aromatic heterocycles. The van der Waals surface area contributed by atoms with Gasteiger partial charge in [-0.2, -0.15) is 5.10 Å². The number of ether oxygens (including phenoxy) is 1. The molecular formula is C17H25N3O. The van der Waals surface area contributed by atoms with Gasteiger partial charge in [-0.25, -0.2) is 0 Å². The summed E-state index contributed by atoms with van der Waals surface area (Å²) in [7, 11) is 3.68. The maximum Gasteiger partial charge on any atom is 0.123 e. The smallest absolute Gasteiger partial charge is 0.123 e. The van der Waals surface area contributed by atoms with E-state index in [0.717, 1.165) is 25.1 Å². The van der Waals surface area contributed by atoms with Crippen molar-refractivity contribution in [3.8, 4) is 5.75 Å². The van der Waals surface area contributed by atoms with E-state index in [1.807, 2.05) is 17.9 Å². The lowest BCUT2D eigenvalue weighted by molar-refractivity contribution is 0.398. The molecule has 0 fully saturated rings. The summed E-state index contributed by atoms with van der Waals surface area (Å²) < 4.78 is 7.42. The van der Waals surface area contributed by atoms with Crippen LogP contribution >= 0.6 is 0 Å². The third kappa shape index (κ3) is 4.08. The molecule has 0 radical (unpaired) electrons. The van der Waals surface area contributed by atoms with Crippen molar-refractivity contribution in [2.45, 2.75) is 32.7 Å². The number of rotatable bonds is 7. The van der Waals surface area contributed by atoms with Crippen LogP contribution in [0.5, 0.6) is 5.75 Å². The Balaban J connectivity index is 2.26. The van der Waals surface area contributed by atoms with Gasteiger partial charge in [0.25, 0.3) is 0 Å². The first-order chi connectivity index (χ1) is 10.1. The van der Waals surface area contributed by atoms with Crippen molar-refractivity contribution in [3.63, 3.8) is 0 Å². The Kier molecular flexibility index (Phi) is 5.39. The number of benzene rings is 1. The Hall–Kier alpha value is -1.81. The molecule has 0 amide bonds. The van der Waals surface area contributed by atoms with E-state index < -0.39 is 0 Å². The summed E-state index contributed by atoms with van der Waals surface area (Å²) in [5.41, 5.74) is 3.65. The molecule has 0 spiro atoms. The van der Waals surface area contributed by atoms with Gasteiger partial charge in [-0.15, -0.1) is 0 Å². The van der Waals surface area contributed by atoms with E-state index in [2.05, 4.69) is 48.7 Å². The van der Waals surface area contributed by atoms with Crippen molar-refractivity contribution in [1.29, 1.82) is 0 Å². The number of hydrogen-bond acceptors (Lipinski definition) is 3. The van der Waals surface area contributed by atoms with E-state index in [1.54, 1.807) is 7.11 Å².